The molecule has 160 valence electrons. The Bertz CT molecular complexity index is 1200. The number of nitriles is 1. The minimum atomic E-state index is -0.584. The number of para-hydroxylation sites is 1. The van der Waals surface area contributed by atoms with Crippen molar-refractivity contribution in [1.29, 1.82) is 5.26 Å². The molecular formula is C25H19ClN2O4. The third-order valence-corrected chi connectivity index (χ3v) is 4.86. The van der Waals surface area contributed by atoms with Gasteiger partial charge in [-0.3, -0.25) is 4.79 Å². The summed E-state index contributed by atoms with van der Waals surface area (Å²) in [5.41, 5.74) is 2.09. The highest BCUT2D eigenvalue weighted by molar-refractivity contribution is 6.31. The van der Waals surface area contributed by atoms with Gasteiger partial charge in [0, 0.05) is 21.8 Å². The largest absolute Gasteiger partial charge is 0.488 e. The van der Waals surface area contributed by atoms with Crippen LogP contribution in [0.15, 0.2) is 78.4 Å². The van der Waals surface area contributed by atoms with Crippen LogP contribution in [0.4, 0.5) is 5.69 Å². The number of carbonyl (C=O) groups excluding carboxylic acids is 2. The molecule has 0 aliphatic rings. The molecule has 32 heavy (non-hydrogen) atoms. The third kappa shape index (κ3) is 5.75. The Morgan fingerprint density at radius 3 is 2.41 bits per heavy atom. The van der Waals surface area contributed by atoms with Crippen LogP contribution in [-0.2, 0) is 16.1 Å². The summed E-state index contributed by atoms with van der Waals surface area (Å²) in [6, 6.07) is 22.5. The van der Waals surface area contributed by atoms with Crippen molar-refractivity contribution in [2.45, 2.75) is 6.61 Å². The van der Waals surface area contributed by atoms with Crippen LogP contribution in [0.2, 0.25) is 5.02 Å². The fourth-order valence-corrected chi connectivity index (χ4v) is 3.00. The van der Waals surface area contributed by atoms with Gasteiger partial charge in [-0.05, 0) is 42.5 Å². The summed E-state index contributed by atoms with van der Waals surface area (Å²) in [5.74, 6) is -0.552. The number of methoxy groups -OCH3 is 1. The Hall–Kier alpha value is -4.08. The molecule has 3 aromatic rings. The van der Waals surface area contributed by atoms with Crippen molar-refractivity contribution in [1.82, 2.24) is 0 Å². The van der Waals surface area contributed by atoms with E-state index >= 15 is 0 Å². The molecule has 7 heteroatoms. The molecule has 1 amide bonds. The lowest BCUT2D eigenvalue weighted by Crippen LogP contribution is -2.13. The first-order valence-corrected chi connectivity index (χ1v) is 9.96. The van der Waals surface area contributed by atoms with Crippen molar-refractivity contribution in [2.24, 2.45) is 0 Å². The number of rotatable bonds is 7. The standard InChI is InChI=1S/C25H19ClN2O4/c1-31-25(30)17-10-12-21(13-11-17)28-24(29)20(15-27)14-18-6-3-5-9-23(18)32-16-19-7-2-4-8-22(19)26/h2-14H,16H2,1H3,(H,28,29)/b20-14+. The Balaban J connectivity index is 1.76. The van der Waals surface area contributed by atoms with Crippen LogP contribution >= 0.6 is 11.6 Å². The summed E-state index contributed by atoms with van der Waals surface area (Å²) < 4.78 is 10.5. The molecule has 6 nitrogen and oxygen atoms in total. The van der Waals surface area contributed by atoms with Gasteiger partial charge in [0.05, 0.1) is 12.7 Å². The van der Waals surface area contributed by atoms with Crippen molar-refractivity contribution < 1.29 is 19.1 Å². The molecule has 1 N–H and O–H groups in total. The molecule has 0 bridgehead atoms. The normalized spacial score (nSPS) is 10.7. The van der Waals surface area contributed by atoms with Crippen molar-refractivity contribution in [2.75, 3.05) is 12.4 Å². The maximum absolute atomic E-state index is 12.6. The molecule has 0 radical (unpaired) electrons. The molecular weight excluding hydrogens is 428 g/mol. The minimum absolute atomic E-state index is 0.101. The van der Waals surface area contributed by atoms with E-state index in [9.17, 15) is 14.9 Å². The zero-order chi connectivity index (χ0) is 22.9. The zero-order valence-corrected chi connectivity index (χ0v) is 17.9. The van der Waals surface area contributed by atoms with Crippen LogP contribution < -0.4 is 10.1 Å². The Morgan fingerprint density at radius 1 is 1.03 bits per heavy atom. The number of esters is 1. The lowest BCUT2D eigenvalue weighted by atomic mass is 10.1. The predicted octanol–water partition coefficient (Wildman–Crippen LogP) is 5.25. The molecule has 0 heterocycles. The van der Waals surface area contributed by atoms with Gasteiger partial charge >= 0.3 is 5.97 Å². The number of hydrogen-bond acceptors (Lipinski definition) is 5. The van der Waals surface area contributed by atoms with E-state index in [-0.39, 0.29) is 12.2 Å². The number of hydrogen-bond donors (Lipinski definition) is 1. The molecule has 0 saturated carbocycles. The monoisotopic (exact) mass is 446 g/mol. The molecule has 0 aliphatic carbocycles. The average Bonchev–Trinajstić information content (AvgIpc) is 2.82. The Morgan fingerprint density at radius 2 is 1.72 bits per heavy atom. The summed E-state index contributed by atoms with van der Waals surface area (Å²) in [5, 5.41) is 12.8. The van der Waals surface area contributed by atoms with Gasteiger partial charge in [0.25, 0.3) is 5.91 Å². The maximum Gasteiger partial charge on any atom is 0.337 e. The van der Waals surface area contributed by atoms with E-state index in [1.807, 2.05) is 24.3 Å². The predicted molar refractivity (Wildman–Crippen MR) is 122 cm³/mol. The van der Waals surface area contributed by atoms with E-state index < -0.39 is 11.9 Å². The SMILES string of the molecule is COC(=O)c1ccc(NC(=O)/C(C#N)=C/c2ccccc2OCc2ccccc2Cl)cc1. The van der Waals surface area contributed by atoms with Crippen molar-refractivity contribution in [3.05, 3.63) is 100 Å². The van der Waals surface area contributed by atoms with Crippen LogP contribution in [-0.4, -0.2) is 19.0 Å². The molecule has 0 fully saturated rings. The summed E-state index contributed by atoms with van der Waals surface area (Å²) in [4.78, 5) is 24.1. The Labute approximate surface area is 190 Å². The molecule has 0 aliphatic heterocycles. The first-order chi connectivity index (χ1) is 15.5. The van der Waals surface area contributed by atoms with Crippen LogP contribution in [0.5, 0.6) is 5.75 Å². The van der Waals surface area contributed by atoms with E-state index in [1.54, 1.807) is 42.5 Å². The summed E-state index contributed by atoms with van der Waals surface area (Å²) in [6.45, 7) is 0.241. The van der Waals surface area contributed by atoms with Crippen molar-refractivity contribution in [3.63, 3.8) is 0 Å². The van der Waals surface area contributed by atoms with Crippen LogP contribution in [0, 0.1) is 11.3 Å². The second kappa shape index (κ2) is 10.8. The highest BCUT2D eigenvalue weighted by Gasteiger charge is 2.12. The fraction of sp³-hybridized carbons (Fsp3) is 0.0800. The van der Waals surface area contributed by atoms with Gasteiger partial charge in [0.2, 0.25) is 0 Å². The Kier molecular flexibility index (Phi) is 7.63. The lowest BCUT2D eigenvalue weighted by Gasteiger charge is -2.11. The molecule has 3 rings (SSSR count). The van der Waals surface area contributed by atoms with Gasteiger partial charge in [-0.2, -0.15) is 5.26 Å². The minimum Gasteiger partial charge on any atom is -0.488 e. The van der Waals surface area contributed by atoms with Crippen LogP contribution in [0.1, 0.15) is 21.5 Å². The summed E-state index contributed by atoms with van der Waals surface area (Å²) >= 11 is 6.18. The number of ether oxygens (including phenoxy) is 2. The van der Waals surface area contributed by atoms with Gasteiger partial charge < -0.3 is 14.8 Å². The quantitative estimate of drug-likeness (QED) is 0.304. The van der Waals surface area contributed by atoms with E-state index in [0.29, 0.717) is 27.6 Å². The third-order valence-electron chi connectivity index (χ3n) is 4.49. The molecule has 0 spiro atoms. The molecule has 0 atom stereocenters. The molecule has 0 saturated heterocycles. The van der Waals surface area contributed by atoms with Crippen molar-refractivity contribution in [3.8, 4) is 11.8 Å². The smallest absolute Gasteiger partial charge is 0.337 e. The summed E-state index contributed by atoms with van der Waals surface area (Å²) in [7, 11) is 1.29. The topological polar surface area (TPSA) is 88.4 Å². The second-order valence-electron chi connectivity index (χ2n) is 6.61. The second-order valence-corrected chi connectivity index (χ2v) is 7.02. The van der Waals surface area contributed by atoms with Crippen LogP contribution in [0.3, 0.4) is 0 Å². The van der Waals surface area contributed by atoms with Gasteiger partial charge in [0.1, 0.15) is 24.0 Å². The van der Waals surface area contributed by atoms with Gasteiger partial charge in [-0.25, -0.2) is 4.79 Å². The first kappa shape index (κ1) is 22.6. The molecule has 0 unspecified atom stereocenters. The number of nitrogens with zero attached hydrogens (tertiary/aromatic N) is 1. The van der Waals surface area contributed by atoms with E-state index in [4.69, 9.17) is 16.3 Å². The average molecular weight is 447 g/mol. The first-order valence-electron chi connectivity index (χ1n) is 9.58. The van der Waals surface area contributed by atoms with Crippen molar-refractivity contribution >= 4 is 35.2 Å². The number of carbonyl (C=O) groups is 2. The highest BCUT2D eigenvalue weighted by Crippen LogP contribution is 2.24. The number of benzene rings is 3. The number of halogens is 1. The van der Waals surface area contributed by atoms with Gasteiger partial charge in [0.15, 0.2) is 0 Å². The van der Waals surface area contributed by atoms with Gasteiger partial charge in [-0.15, -0.1) is 0 Å². The number of nitrogens with one attached hydrogen (secondary N) is 1. The van der Waals surface area contributed by atoms with Crippen LogP contribution in [0.25, 0.3) is 6.08 Å². The highest BCUT2D eigenvalue weighted by atomic mass is 35.5. The van der Waals surface area contributed by atoms with E-state index in [1.165, 1.54) is 25.3 Å². The number of amides is 1. The number of anilines is 1. The molecule has 0 aromatic heterocycles. The maximum atomic E-state index is 12.6. The summed E-state index contributed by atoms with van der Waals surface area (Å²) in [6.07, 6.45) is 1.46. The zero-order valence-electron chi connectivity index (χ0n) is 17.2. The van der Waals surface area contributed by atoms with E-state index in [2.05, 4.69) is 10.1 Å². The fourth-order valence-electron chi connectivity index (χ4n) is 2.81. The van der Waals surface area contributed by atoms with E-state index in [0.717, 1.165) is 5.56 Å². The van der Waals surface area contributed by atoms with Gasteiger partial charge in [-0.1, -0.05) is 48.0 Å². The molecule has 3 aromatic carbocycles. The lowest BCUT2D eigenvalue weighted by molar-refractivity contribution is -0.112.